The van der Waals surface area contributed by atoms with Crippen LogP contribution >= 0.6 is 36.1 Å². The van der Waals surface area contributed by atoms with Gasteiger partial charge in [-0.25, -0.2) is 20.6 Å². The molecule has 19 nitrogen and oxygen atoms in total. The quantitative estimate of drug-likeness (QED) is 0.0227. The first kappa shape index (κ1) is 35.1. The summed E-state index contributed by atoms with van der Waals surface area (Å²) in [6.45, 7) is 0. The monoisotopic (exact) mass is 716 g/mol. The Morgan fingerprint density at radius 3 is 1.96 bits per heavy atom. The highest BCUT2D eigenvalue weighted by atomic mass is 32.2. The Kier molecular flexibility index (Phi) is 12.3. The van der Waals surface area contributed by atoms with Gasteiger partial charge in [0.15, 0.2) is 5.75 Å². The van der Waals surface area contributed by atoms with Crippen LogP contribution in [-0.4, -0.2) is 44.9 Å². The topological polar surface area (TPSA) is 277 Å². The maximum Gasteiger partial charge on any atom is 0.338 e. The Labute approximate surface area is 269 Å². The third-order valence-electron chi connectivity index (χ3n) is 5.44. The molecule has 0 saturated carbocycles. The van der Waals surface area contributed by atoms with E-state index in [2.05, 4.69) is 48.6 Å². The van der Waals surface area contributed by atoms with Crippen molar-refractivity contribution < 1.29 is 71.9 Å². The Morgan fingerprint density at radius 1 is 0.717 bits per heavy atom. The molecule has 0 amide bonds. The molecule has 0 unspecified atom stereocenters. The van der Waals surface area contributed by atoms with Crippen molar-refractivity contribution in [3.8, 4) is 5.75 Å². The fourth-order valence-electron chi connectivity index (χ4n) is 3.59. The first-order valence-corrected chi connectivity index (χ1v) is 15.3. The van der Waals surface area contributed by atoms with Crippen molar-refractivity contribution >= 4 is 85.7 Å². The van der Waals surface area contributed by atoms with Crippen LogP contribution < -0.4 is 0 Å². The summed E-state index contributed by atoms with van der Waals surface area (Å²) in [5, 5.41) is 72.8. The molecule has 0 aliphatic heterocycles. The highest BCUT2D eigenvalue weighted by molar-refractivity contribution is 7.95. The van der Waals surface area contributed by atoms with Crippen LogP contribution in [0.3, 0.4) is 0 Å². The molecule has 4 rings (SSSR count). The Balaban J connectivity index is 1.74. The molecule has 0 fully saturated rings. The molecule has 4 aromatic rings. The first-order chi connectivity index (χ1) is 22.0. The second-order valence-corrected chi connectivity index (χ2v) is 11.8. The van der Waals surface area contributed by atoms with E-state index in [4.69, 9.17) is 15.8 Å². The zero-order chi connectivity index (χ0) is 33.3. The molecule has 0 spiro atoms. The Hall–Kier alpha value is -3.79. The van der Waals surface area contributed by atoms with Gasteiger partial charge in [-0.1, -0.05) is 15.1 Å². The number of rotatable bonds is 15. The van der Waals surface area contributed by atoms with Crippen molar-refractivity contribution in [3.05, 3.63) is 66.2 Å². The fourth-order valence-corrected chi connectivity index (χ4v) is 5.63. The standard InChI is InChI=1S/C23H16N4O15S4/c28-22-20-11(7-15(46(34,35)36)10-18(20)44-41-38-32)8-19(45-42-39-33)21(22)27-26-17-6-3-13(9-16(17)23(29)30)25-24-12-1-4-14(5-2-12)43-40-37-31/h1-10,28,31-33H,(H,29,30)(H,34,35,36). The number of phenolic OH excluding ortho intramolecular Hbond substituents is 1. The number of carbonyl (C=O) groups is 1. The predicted molar refractivity (Wildman–Crippen MR) is 156 cm³/mol. The van der Waals surface area contributed by atoms with Crippen LogP contribution in [0.15, 0.2) is 101 Å². The van der Waals surface area contributed by atoms with Crippen molar-refractivity contribution in [1.29, 1.82) is 0 Å². The minimum absolute atomic E-state index is 0.0403. The van der Waals surface area contributed by atoms with Gasteiger partial charge in [-0.3, -0.25) is 4.55 Å². The molecule has 0 bridgehead atoms. The summed E-state index contributed by atoms with van der Waals surface area (Å²) in [4.78, 5) is 11.7. The number of azo groups is 2. The summed E-state index contributed by atoms with van der Waals surface area (Å²) >= 11 is 1.30. The molecule has 4 aromatic carbocycles. The summed E-state index contributed by atoms with van der Waals surface area (Å²) in [6.07, 6.45) is 0. The van der Waals surface area contributed by atoms with Crippen molar-refractivity contribution in [2.45, 2.75) is 19.6 Å². The van der Waals surface area contributed by atoms with Gasteiger partial charge < -0.3 is 10.2 Å². The summed E-state index contributed by atoms with van der Waals surface area (Å²) < 4.78 is 46.3. The van der Waals surface area contributed by atoms with Crippen LogP contribution in [0.1, 0.15) is 10.4 Å². The van der Waals surface area contributed by atoms with Crippen molar-refractivity contribution in [2.75, 3.05) is 0 Å². The smallest absolute Gasteiger partial charge is 0.338 e. The molecule has 0 heterocycles. The zero-order valence-electron chi connectivity index (χ0n) is 22.1. The molecule has 0 radical (unpaired) electrons. The molecular weight excluding hydrogens is 701 g/mol. The van der Waals surface area contributed by atoms with Crippen molar-refractivity contribution in [3.63, 3.8) is 0 Å². The Bertz CT molecular complexity index is 1890. The van der Waals surface area contributed by atoms with Crippen LogP contribution in [0.25, 0.3) is 10.8 Å². The number of hydrogen-bond donors (Lipinski definition) is 6. The summed E-state index contributed by atoms with van der Waals surface area (Å²) in [7, 11) is -4.77. The molecule has 46 heavy (non-hydrogen) atoms. The van der Waals surface area contributed by atoms with Crippen molar-refractivity contribution in [1.82, 2.24) is 0 Å². The highest BCUT2D eigenvalue weighted by Gasteiger charge is 2.22. The lowest BCUT2D eigenvalue weighted by molar-refractivity contribution is -0.432. The average molecular weight is 717 g/mol. The number of benzene rings is 4. The highest BCUT2D eigenvalue weighted by Crippen LogP contribution is 2.48. The number of aromatic carboxylic acids is 1. The van der Waals surface area contributed by atoms with Gasteiger partial charge in [0, 0.05) is 10.3 Å². The number of nitrogens with zero attached hydrogens (tertiary/aromatic N) is 4. The van der Waals surface area contributed by atoms with E-state index in [1.165, 1.54) is 18.2 Å². The molecule has 0 atom stereocenters. The number of carboxylic acids is 1. The van der Waals surface area contributed by atoms with E-state index in [1.807, 2.05) is 0 Å². The molecule has 23 heteroatoms. The van der Waals surface area contributed by atoms with Crippen LogP contribution in [0, 0.1) is 0 Å². The lowest BCUT2D eigenvalue weighted by atomic mass is 10.1. The lowest BCUT2D eigenvalue weighted by Crippen LogP contribution is -1.99. The van der Waals surface area contributed by atoms with Gasteiger partial charge in [-0.15, -0.1) is 23.2 Å². The average Bonchev–Trinajstić information content (AvgIpc) is 3.03. The maximum absolute atomic E-state index is 12.0. The molecule has 0 aliphatic carbocycles. The summed E-state index contributed by atoms with van der Waals surface area (Å²) in [6, 6.07) is 13.2. The molecule has 0 aromatic heterocycles. The van der Waals surface area contributed by atoms with Crippen LogP contribution in [0.5, 0.6) is 5.75 Å². The molecular formula is C23H16N4O15S4. The van der Waals surface area contributed by atoms with E-state index < -0.39 is 26.7 Å². The molecule has 242 valence electrons. The minimum Gasteiger partial charge on any atom is -0.505 e. The summed E-state index contributed by atoms with van der Waals surface area (Å²) in [5.74, 6) is -2.09. The normalized spacial score (nSPS) is 12.1. The SMILES string of the molecule is O=C(O)c1cc(N=Nc2ccc(SOOO)cc2)ccc1N=Nc1c(SOOO)cc2cc(S(=O)(=O)O)cc(SOOO)c2c1O. The number of phenols is 1. The third kappa shape index (κ3) is 8.93. The first-order valence-electron chi connectivity index (χ1n) is 11.6. The van der Waals surface area contributed by atoms with Crippen molar-refractivity contribution in [2.24, 2.45) is 20.5 Å². The van der Waals surface area contributed by atoms with E-state index >= 15 is 0 Å². The van der Waals surface area contributed by atoms with Gasteiger partial charge >= 0.3 is 5.97 Å². The van der Waals surface area contributed by atoms with Gasteiger partial charge in [0.1, 0.15) is 11.4 Å². The second-order valence-electron chi connectivity index (χ2n) is 8.14. The Morgan fingerprint density at radius 2 is 1.33 bits per heavy atom. The van der Waals surface area contributed by atoms with Gasteiger partial charge in [0.05, 0.1) is 67.8 Å². The number of fused-ring (bicyclic) bond motifs is 1. The number of aromatic hydroxyl groups is 1. The van der Waals surface area contributed by atoms with Gasteiger partial charge in [-0.05, 0) is 66.0 Å². The van der Waals surface area contributed by atoms with Crippen LogP contribution in [-0.2, 0) is 38.2 Å². The second kappa shape index (κ2) is 16.2. The number of hydrogen-bond acceptors (Lipinski definition) is 20. The van der Waals surface area contributed by atoms with E-state index in [0.29, 0.717) is 22.6 Å². The van der Waals surface area contributed by atoms with Crippen LogP contribution in [0.2, 0.25) is 0 Å². The van der Waals surface area contributed by atoms with Gasteiger partial charge in [-0.2, -0.15) is 18.6 Å². The molecule has 0 aliphatic rings. The zero-order valence-corrected chi connectivity index (χ0v) is 25.3. The maximum atomic E-state index is 12.0. The minimum atomic E-state index is -4.77. The number of carboxylic acid groups (broad SMARTS) is 1. The van der Waals surface area contributed by atoms with E-state index in [-0.39, 0.29) is 55.2 Å². The lowest BCUT2D eigenvalue weighted by Gasteiger charge is -2.13. The van der Waals surface area contributed by atoms with E-state index in [9.17, 15) is 28.0 Å². The van der Waals surface area contributed by atoms with Crippen LogP contribution in [0.4, 0.5) is 22.7 Å². The fraction of sp³-hybridized carbons (Fsp3) is 0. The van der Waals surface area contributed by atoms with Gasteiger partial charge in [0.2, 0.25) is 0 Å². The molecule has 6 N–H and O–H groups in total. The third-order valence-corrected chi connectivity index (χ3v) is 8.12. The predicted octanol–water partition coefficient (Wildman–Crippen LogP) is 7.61. The van der Waals surface area contributed by atoms with Gasteiger partial charge in [0.25, 0.3) is 10.1 Å². The summed E-state index contributed by atoms with van der Waals surface area (Å²) in [5.41, 5.74) is -0.397. The van der Waals surface area contributed by atoms with E-state index in [1.54, 1.807) is 24.3 Å². The van der Waals surface area contributed by atoms with E-state index in [0.717, 1.165) is 30.2 Å². The molecule has 0 saturated heterocycles. The largest absolute Gasteiger partial charge is 0.505 e.